The first-order valence-corrected chi connectivity index (χ1v) is 12.8. The molecule has 200 valence electrons. The molecule has 0 spiro atoms. The molecular formula is C23H30F2N8O3S. The van der Waals surface area contributed by atoms with Crippen molar-refractivity contribution < 1.29 is 23.7 Å². The van der Waals surface area contributed by atoms with Gasteiger partial charge in [0.15, 0.2) is 5.82 Å². The summed E-state index contributed by atoms with van der Waals surface area (Å²) in [6.07, 6.45) is 4.64. The lowest BCUT2D eigenvalue weighted by atomic mass is 10.2. The van der Waals surface area contributed by atoms with E-state index in [9.17, 15) is 17.2 Å². The molecule has 0 fully saturated rings. The van der Waals surface area contributed by atoms with Gasteiger partial charge in [-0.15, -0.1) is 10.2 Å². The molecule has 11 nitrogen and oxygen atoms in total. The molecule has 0 bridgehead atoms. The predicted octanol–water partition coefficient (Wildman–Crippen LogP) is 3.05. The first kappa shape index (κ1) is 27.8. The van der Waals surface area contributed by atoms with Gasteiger partial charge in [0, 0.05) is 39.6 Å². The Kier molecular flexibility index (Phi) is 8.65. The number of benzene rings is 1. The molecule has 3 heterocycles. The van der Waals surface area contributed by atoms with E-state index < -0.39 is 32.6 Å². The van der Waals surface area contributed by atoms with Gasteiger partial charge in [-0.25, -0.2) is 27.2 Å². The lowest BCUT2D eigenvalue weighted by molar-refractivity contribution is 0.216. The zero-order chi connectivity index (χ0) is 27.3. The second kappa shape index (κ2) is 11.5. The molecule has 0 amide bonds. The molecular weight excluding hydrogens is 506 g/mol. The molecule has 4 rings (SSSR count). The summed E-state index contributed by atoms with van der Waals surface area (Å²) in [6, 6.07) is 4.87. The van der Waals surface area contributed by atoms with E-state index in [1.54, 1.807) is 45.6 Å². The van der Waals surface area contributed by atoms with Gasteiger partial charge >= 0.3 is 0 Å². The summed E-state index contributed by atoms with van der Waals surface area (Å²) in [5, 5.41) is 19.1. The van der Waals surface area contributed by atoms with E-state index in [0.29, 0.717) is 5.82 Å². The van der Waals surface area contributed by atoms with Crippen LogP contribution in [0, 0.1) is 18.6 Å². The number of halogens is 2. The van der Waals surface area contributed by atoms with Crippen LogP contribution in [0.1, 0.15) is 33.6 Å². The highest BCUT2D eigenvalue weighted by Gasteiger charge is 2.28. The largest absolute Gasteiger partial charge is 0.394 e. The second-order valence-corrected chi connectivity index (χ2v) is 10.7. The Labute approximate surface area is 214 Å². The number of hydrogen-bond donors (Lipinski definition) is 2. The number of aliphatic hydroxyl groups is 1. The molecule has 1 atom stereocenters. The van der Waals surface area contributed by atoms with Crippen molar-refractivity contribution in [3.8, 4) is 17.2 Å². The molecule has 1 aromatic carbocycles. The van der Waals surface area contributed by atoms with Crippen molar-refractivity contribution in [1.82, 2.24) is 34.5 Å². The number of aromatic nitrogens is 7. The van der Waals surface area contributed by atoms with Crippen LogP contribution < -0.4 is 4.72 Å². The van der Waals surface area contributed by atoms with E-state index in [4.69, 9.17) is 5.11 Å². The fourth-order valence-corrected chi connectivity index (χ4v) is 4.04. The Morgan fingerprint density at radius 3 is 2.22 bits per heavy atom. The quantitative estimate of drug-likeness (QED) is 0.367. The molecule has 0 saturated heterocycles. The van der Waals surface area contributed by atoms with Crippen molar-refractivity contribution in [2.75, 3.05) is 4.72 Å². The van der Waals surface area contributed by atoms with Gasteiger partial charge in [-0.3, -0.25) is 14.0 Å². The minimum Gasteiger partial charge on any atom is -0.394 e. The third-order valence-electron chi connectivity index (χ3n) is 4.83. The summed E-state index contributed by atoms with van der Waals surface area (Å²) in [4.78, 5) is 8.25. The Morgan fingerprint density at radius 1 is 1.08 bits per heavy atom. The number of sulfonamides is 1. The minimum atomic E-state index is -4.07. The number of anilines is 1. The number of nitrogens with zero attached hydrogens (tertiary/aromatic N) is 7. The van der Waals surface area contributed by atoms with Gasteiger partial charge in [-0.2, -0.15) is 5.10 Å². The maximum absolute atomic E-state index is 14.7. The fraction of sp³-hybridized carbons (Fsp3) is 0.348. The highest BCUT2D eigenvalue weighted by Crippen LogP contribution is 2.28. The molecule has 2 N–H and O–H groups in total. The number of aryl methyl sites for hydroxylation is 2. The second-order valence-electron chi connectivity index (χ2n) is 8.56. The van der Waals surface area contributed by atoms with Crippen molar-refractivity contribution in [3.05, 3.63) is 65.9 Å². The molecule has 0 aliphatic rings. The molecule has 0 unspecified atom stereocenters. The Hall–Kier alpha value is -3.78. The van der Waals surface area contributed by atoms with E-state index in [2.05, 4.69) is 30.0 Å². The van der Waals surface area contributed by atoms with Gasteiger partial charge < -0.3 is 5.11 Å². The van der Waals surface area contributed by atoms with Crippen LogP contribution in [0.4, 0.5) is 14.7 Å². The molecule has 0 aliphatic carbocycles. The van der Waals surface area contributed by atoms with E-state index in [1.165, 1.54) is 17.7 Å². The van der Waals surface area contributed by atoms with Crippen molar-refractivity contribution in [3.63, 3.8) is 0 Å². The molecule has 0 saturated carbocycles. The van der Waals surface area contributed by atoms with Crippen molar-refractivity contribution in [2.24, 2.45) is 7.05 Å². The van der Waals surface area contributed by atoms with Crippen LogP contribution in [-0.4, -0.2) is 59.4 Å². The van der Waals surface area contributed by atoms with Crippen molar-refractivity contribution in [2.45, 2.75) is 45.5 Å². The van der Waals surface area contributed by atoms with Gasteiger partial charge in [-0.05, 0) is 51.5 Å². The van der Waals surface area contributed by atoms with Crippen LogP contribution in [0.3, 0.4) is 0 Å². The SMILES string of the molecule is CC(C)O.Cc1cnc(C[C@H](C)S(=O)(=O)Nc2nnc(-c3ccn(C)n3)n2-c2c(F)cccc2F)nc1.[HH]. The summed E-state index contributed by atoms with van der Waals surface area (Å²) >= 11 is 0. The van der Waals surface area contributed by atoms with E-state index in [0.717, 1.165) is 22.3 Å². The Bertz CT molecular complexity index is 1440. The smallest absolute Gasteiger partial charge is 0.243 e. The predicted molar refractivity (Wildman–Crippen MR) is 135 cm³/mol. The van der Waals surface area contributed by atoms with Crippen LogP contribution >= 0.6 is 0 Å². The van der Waals surface area contributed by atoms with Crippen molar-refractivity contribution in [1.29, 1.82) is 0 Å². The summed E-state index contributed by atoms with van der Waals surface area (Å²) in [7, 11) is -2.41. The molecule has 0 radical (unpaired) electrons. The first-order valence-electron chi connectivity index (χ1n) is 11.3. The molecule has 14 heteroatoms. The molecule has 3 aromatic heterocycles. The molecule has 0 aliphatic heterocycles. The highest BCUT2D eigenvalue weighted by molar-refractivity contribution is 7.93. The summed E-state index contributed by atoms with van der Waals surface area (Å²) in [5.74, 6) is -1.92. The molecule has 37 heavy (non-hydrogen) atoms. The van der Waals surface area contributed by atoms with Gasteiger partial charge in [-0.1, -0.05) is 6.07 Å². The highest BCUT2D eigenvalue weighted by atomic mass is 32.2. The van der Waals surface area contributed by atoms with Gasteiger partial charge in [0.2, 0.25) is 16.0 Å². The van der Waals surface area contributed by atoms with Crippen LogP contribution in [0.2, 0.25) is 0 Å². The van der Waals surface area contributed by atoms with Crippen LogP contribution in [0.15, 0.2) is 42.9 Å². The first-order chi connectivity index (χ1) is 17.4. The number of nitrogens with one attached hydrogen (secondary N) is 1. The Balaban J connectivity index is 0.000000947. The fourth-order valence-electron chi connectivity index (χ4n) is 3.08. The number of hydrogen-bond acceptors (Lipinski definition) is 8. The number of aliphatic hydroxyl groups excluding tert-OH is 1. The summed E-state index contributed by atoms with van der Waals surface area (Å²) in [6.45, 7) is 6.73. The van der Waals surface area contributed by atoms with E-state index in [-0.39, 0.29) is 31.4 Å². The number of rotatable bonds is 7. The lowest BCUT2D eigenvalue weighted by Crippen LogP contribution is -2.29. The van der Waals surface area contributed by atoms with Gasteiger partial charge in [0.1, 0.15) is 28.8 Å². The normalized spacial score (nSPS) is 12.2. The summed E-state index contributed by atoms with van der Waals surface area (Å²) in [5.41, 5.74) is 0.559. The van der Waals surface area contributed by atoms with Crippen LogP contribution in [0.25, 0.3) is 17.2 Å². The average molecular weight is 537 g/mol. The topological polar surface area (TPSA) is 141 Å². The molecule has 4 aromatic rings. The third-order valence-corrected chi connectivity index (χ3v) is 6.53. The van der Waals surface area contributed by atoms with E-state index >= 15 is 0 Å². The minimum absolute atomic E-state index is 0. The zero-order valence-electron chi connectivity index (χ0n) is 21.0. The monoisotopic (exact) mass is 536 g/mol. The van der Waals surface area contributed by atoms with E-state index in [1.807, 2.05) is 6.92 Å². The third kappa shape index (κ3) is 6.92. The zero-order valence-corrected chi connectivity index (χ0v) is 21.8. The maximum atomic E-state index is 14.7. The number of para-hydroxylation sites is 1. The standard InChI is InChI=1S/C20H20F2N8O2S.C3H8O.H2/c1-12-10-23-17(24-11-12)9-13(2)33(31,32)28-20-26-25-19(16-7-8-29(3)27-16)30(20)18-14(21)5-4-6-15(18)22;1-3(2)4;/h4-8,10-11,13H,9H2,1-3H3,(H,26,28);3-4H,1-2H3;1H/t13-;;/m0../s1. The maximum Gasteiger partial charge on any atom is 0.243 e. The van der Waals surface area contributed by atoms with Gasteiger partial charge in [0.05, 0.1) is 5.25 Å². The van der Waals surface area contributed by atoms with Crippen LogP contribution in [0.5, 0.6) is 0 Å². The van der Waals surface area contributed by atoms with Crippen molar-refractivity contribution >= 4 is 16.0 Å². The average Bonchev–Trinajstić information content (AvgIpc) is 3.41. The Morgan fingerprint density at radius 2 is 1.68 bits per heavy atom. The summed E-state index contributed by atoms with van der Waals surface area (Å²) < 4.78 is 60.1. The van der Waals surface area contributed by atoms with Crippen LogP contribution in [-0.2, 0) is 23.5 Å². The van der Waals surface area contributed by atoms with Gasteiger partial charge in [0.25, 0.3) is 0 Å². The lowest BCUT2D eigenvalue weighted by Gasteiger charge is -2.16.